The van der Waals surface area contributed by atoms with Crippen LogP contribution in [0.2, 0.25) is 10.0 Å². The molecule has 0 aliphatic rings. The van der Waals surface area contributed by atoms with Crippen LogP contribution < -0.4 is 5.32 Å². The Hall–Kier alpha value is -2.83. The van der Waals surface area contributed by atoms with E-state index in [0.29, 0.717) is 39.9 Å². The molecule has 0 saturated heterocycles. The molecule has 166 valence electrons. The number of aromatic nitrogens is 2. The third-order valence-corrected chi connectivity index (χ3v) is 5.76. The number of benzene rings is 2. The standard InChI is InChI=1S/C24H23Cl2N3O3/c1-12(2)23-20(28-24(31-23)16-6-5-15(25)10-18(16)26)8-7-19-17-9-13(3)21(27-14(4)30)11-22(17)32-29-19/h5-6,9-12H,7-8H2,1-4H3,(H,27,30). The average molecular weight is 472 g/mol. The van der Waals surface area contributed by atoms with Crippen molar-refractivity contribution >= 4 is 45.8 Å². The smallest absolute Gasteiger partial charge is 0.228 e. The number of carbonyl (C=O) groups excluding carboxylic acids is 1. The molecule has 2 aromatic heterocycles. The molecule has 0 atom stereocenters. The van der Waals surface area contributed by atoms with Gasteiger partial charge in [0.1, 0.15) is 5.76 Å². The number of oxazole rings is 1. The molecule has 4 aromatic rings. The Morgan fingerprint density at radius 3 is 2.56 bits per heavy atom. The lowest BCUT2D eigenvalue weighted by Gasteiger charge is -2.06. The highest BCUT2D eigenvalue weighted by molar-refractivity contribution is 6.36. The van der Waals surface area contributed by atoms with Crippen LogP contribution in [0, 0.1) is 6.92 Å². The van der Waals surface area contributed by atoms with Crippen molar-refractivity contribution in [3.63, 3.8) is 0 Å². The molecule has 4 rings (SSSR count). The topological polar surface area (TPSA) is 81.2 Å². The summed E-state index contributed by atoms with van der Waals surface area (Å²) in [6.07, 6.45) is 1.27. The number of carbonyl (C=O) groups is 1. The monoisotopic (exact) mass is 471 g/mol. The molecule has 8 heteroatoms. The summed E-state index contributed by atoms with van der Waals surface area (Å²) in [5.74, 6) is 1.33. The van der Waals surface area contributed by atoms with Crippen molar-refractivity contribution in [2.45, 2.75) is 46.5 Å². The van der Waals surface area contributed by atoms with Crippen molar-refractivity contribution in [2.75, 3.05) is 5.32 Å². The molecule has 0 aliphatic carbocycles. The number of anilines is 1. The molecule has 0 saturated carbocycles. The molecule has 0 unspecified atom stereocenters. The van der Waals surface area contributed by atoms with Crippen LogP contribution in [-0.4, -0.2) is 16.0 Å². The molecule has 32 heavy (non-hydrogen) atoms. The van der Waals surface area contributed by atoms with E-state index < -0.39 is 0 Å². The van der Waals surface area contributed by atoms with E-state index in [2.05, 4.69) is 24.3 Å². The van der Waals surface area contributed by atoms with E-state index >= 15 is 0 Å². The van der Waals surface area contributed by atoms with Gasteiger partial charge in [-0.1, -0.05) is 42.2 Å². The molecule has 2 aromatic carbocycles. The van der Waals surface area contributed by atoms with E-state index in [0.717, 1.165) is 33.8 Å². The summed E-state index contributed by atoms with van der Waals surface area (Å²) in [5, 5.41) is 9.04. The van der Waals surface area contributed by atoms with Crippen molar-refractivity contribution in [3.05, 3.63) is 63.1 Å². The van der Waals surface area contributed by atoms with Gasteiger partial charge in [-0.3, -0.25) is 4.79 Å². The fraction of sp³-hybridized carbons (Fsp3) is 0.292. The SMILES string of the molecule is CC(=O)Nc1cc2onc(CCc3nc(-c4ccc(Cl)cc4Cl)oc3C(C)C)c2cc1C. The van der Waals surface area contributed by atoms with Gasteiger partial charge in [0.25, 0.3) is 0 Å². The largest absolute Gasteiger partial charge is 0.441 e. The van der Waals surface area contributed by atoms with E-state index in [1.165, 1.54) is 6.92 Å². The first-order valence-corrected chi connectivity index (χ1v) is 11.1. The van der Waals surface area contributed by atoms with Crippen molar-refractivity contribution in [2.24, 2.45) is 0 Å². The van der Waals surface area contributed by atoms with Crippen LogP contribution in [0.3, 0.4) is 0 Å². The zero-order valence-electron chi connectivity index (χ0n) is 18.3. The number of amides is 1. The minimum atomic E-state index is -0.129. The Kier molecular flexibility index (Phi) is 6.26. The number of hydrogen-bond acceptors (Lipinski definition) is 5. The van der Waals surface area contributed by atoms with Gasteiger partial charge in [0.2, 0.25) is 11.8 Å². The lowest BCUT2D eigenvalue weighted by Crippen LogP contribution is -2.06. The highest BCUT2D eigenvalue weighted by Gasteiger charge is 2.20. The van der Waals surface area contributed by atoms with Gasteiger partial charge in [-0.15, -0.1) is 0 Å². The molecule has 0 aliphatic heterocycles. The number of fused-ring (bicyclic) bond motifs is 1. The average Bonchev–Trinajstić information content (AvgIpc) is 3.30. The van der Waals surface area contributed by atoms with Gasteiger partial charge in [0, 0.05) is 35.0 Å². The van der Waals surface area contributed by atoms with Crippen molar-refractivity contribution in [1.29, 1.82) is 0 Å². The maximum atomic E-state index is 11.4. The molecular formula is C24H23Cl2N3O3. The normalized spacial score (nSPS) is 11.5. The van der Waals surface area contributed by atoms with E-state index in [1.54, 1.807) is 18.2 Å². The molecule has 0 radical (unpaired) electrons. The summed E-state index contributed by atoms with van der Waals surface area (Å²) in [7, 11) is 0. The lowest BCUT2D eigenvalue weighted by molar-refractivity contribution is -0.114. The fourth-order valence-electron chi connectivity index (χ4n) is 3.66. The quantitative estimate of drug-likeness (QED) is 0.328. The zero-order chi connectivity index (χ0) is 23.0. The Morgan fingerprint density at radius 2 is 1.88 bits per heavy atom. The summed E-state index contributed by atoms with van der Waals surface area (Å²) in [5.41, 5.74) is 4.70. The number of rotatable bonds is 6. The highest BCUT2D eigenvalue weighted by atomic mass is 35.5. The molecule has 1 N–H and O–H groups in total. The summed E-state index contributed by atoms with van der Waals surface area (Å²) >= 11 is 12.4. The van der Waals surface area contributed by atoms with Gasteiger partial charge in [-0.25, -0.2) is 4.98 Å². The van der Waals surface area contributed by atoms with Crippen LogP contribution in [-0.2, 0) is 17.6 Å². The third kappa shape index (κ3) is 4.52. The zero-order valence-corrected chi connectivity index (χ0v) is 19.8. The Balaban J connectivity index is 1.62. The Labute approximate surface area is 195 Å². The predicted molar refractivity (Wildman–Crippen MR) is 127 cm³/mol. The van der Waals surface area contributed by atoms with Crippen LogP contribution >= 0.6 is 23.2 Å². The maximum absolute atomic E-state index is 11.4. The highest BCUT2D eigenvalue weighted by Crippen LogP contribution is 2.34. The first kappa shape index (κ1) is 22.4. The summed E-state index contributed by atoms with van der Waals surface area (Å²) in [6, 6.07) is 9.04. The van der Waals surface area contributed by atoms with Crippen LogP contribution in [0.15, 0.2) is 39.3 Å². The summed E-state index contributed by atoms with van der Waals surface area (Å²) in [6.45, 7) is 7.55. The van der Waals surface area contributed by atoms with Gasteiger partial charge in [0.15, 0.2) is 5.58 Å². The van der Waals surface area contributed by atoms with Crippen molar-refractivity contribution in [3.8, 4) is 11.5 Å². The predicted octanol–water partition coefficient (Wildman–Crippen LogP) is 6.97. The van der Waals surface area contributed by atoms with Crippen LogP contribution in [0.25, 0.3) is 22.4 Å². The first-order chi connectivity index (χ1) is 15.2. The van der Waals surface area contributed by atoms with Gasteiger partial charge in [0.05, 0.1) is 22.0 Å². The number of halogens is 2. The molecular weight excluding hydrogens is 449 g/mol. The minimum Gasteiger partial charge on any atom is -0.441 e. The second kappa shape index (κ2) is 8.96. The van der Waals surface area contributed by atoms with E-state index in [9.17, 15) is 4.79 Å². The molecule has 0 bridgehead atoms. The fourth-order valence-corrected chi connectivity index (χ4v) is 4.15. The van der Waals surface area contributed by atoms with Gasteiger partial charge >= 0.3 is 0 Å². The number of hydrogen-bond donors (Lipinski definition) is 1. The number of aryl methyl sites for hydroxylation is 3. The van der Waals surface area contributed by atoms with Gasteiger partial charge in [-0.2, -0.15) is 0 Å². The van der Waals surface area contributed by atoms with Gasteiger partial charge in [-0.05, 0) is 49.6 Å². The summed E-state index contributed by atoms with van der Waals surface area (Å²) < 4.78 is 11.6. The lowest BCUT2D eigenvalue weighted by atomic mass is 10.0. The molecule has 1 amide bonds. The third-order valence-electron chi connectivity index (χ3n) is 5.21. The van der Waals surface area contributed by atoms with E-state index in [-0.39, 0.29) is 11.8 Å². The van der Waals surface area contributed by atoms with Crippen LogP contribution in [0.1, 0.15) is 49.4 Å². The molecule has 0 fully saturated rings. The minimum absolute atomic E-state index is 0.129. The summed E-state index contributed by atoms with van der Waals surface area (Å²) in [4.78, 5) is 16.1. The Bertz CT molecular complexity index is 1310. The van der Waals surface area contributed by atoms with Gasteiger partial charge < -0.3 is 14.3 Å². The number of nitrogens with zero attached hydrogens (tertiary/aromatic N) is 2. The Morgan fingerprint density at radius 1 is 1.12 bits per heavy atom. The molecule has 2 heterocycles. The van der Waals surface area contributed by atoms with Crippen LogP contribution in [0.5, 0.6) is 0 Å². The number of nitrogens with one attached hydrogen (secondary N) is 1. The van der Waals surface area contributed by atoms with Crippen LogP contribution in [0.4, 0.5) is 5.69 Å². The molecule has 0 spiro atoms. The van der Waals surface area contributed by atoms with E-state index in [4.69, 9.17) is 37.1 Å². The second-order valence-electron chi connectivity index (χ2n) is 8.08. The van der Waals surface area contributed by atoms with E-state index in [1.807, 2.05) is 19.1 Å². The molecule has 6 nitrogen and oxygen atoms in total. The second-order valence-corrected chi connectivity index (χ2v) is 8.93. The van der Waals surface area contributed by atoms with Crippen molar-refractivity contribution in [1.82, 2.24) is 10.1 Å². The van der Waals surface area contributed by atoms with Crippen molar-refractivity contribution < 1.29 is 13.7 Å². The first-order valence-electron chi connectivity index (χ1n) is 10.3. The maximum Gasteiger partial charge on any atom is 0.228 e.